The molecule has 0 spiro atoms. The fourth-order valence-corrected chi connectivity index (χ4v) is 4.17. The van der Waals surface area contributed by atoms with Gasteiger partial charge in [-0.1, -0.05) is 0 Å². The summed E-state index contributed by atoms with van der Waals surface area (Å²) in [6.45, 7) is 11.2. The minimum Gasteiger partial charge on any atom is -0.465 e. The minimum absolute atomic E-state index is 0.0281. The lowest BCUT2D eigenvalue weighted by molar-refractivity contribution is -0.0762. The SMILES string of the molecule is CC(C)(C)N1C2=C(CCN(C(=O)O)CC2)CN1C1CCNCC1. The molecule has 0 aromatic carbocycles. The third-order valence-corrected chi connectivity index (χ3v) is 5.21. The number of amides is 1. The van der Waals surface area contributed by atoms with Crippen molar-refractivity contribution in [1.82, 2.24) is 20.2 Å². The van der Waals surface area contributed by atoms with E-state index in [1.54, 1.807) is 4.90 Å². The van der Waals surface area contributed by atoms with E-state index in [2.05, 4.69) is 36.1 Å². The van der Waals surface area contributed by atoms with Crippen LogP contribution in [-0.2, 0) is 0 Å². The van der Waals surface area contributed by atoms with Gasteiger partial charge in [-0.05, 0) is 58.7 Å². The average molecular weight is 322 g/mol. The Hall–Kier alpha value is -1.27. The Bertz CT molecular complexity index is 491. The van der Waals surface area contributed by atoms with Crippen LogP contribution in [0.4, 0.5) is 4.79 Å². The van der Waals surface area contributed by atoms with Crippen LogP contribution in [0.5, 0.6) is 0 Å². The lowest BCUT2D eigenvalue weighted by Crippen LogP contribution is -2.55. The number of nitrogens with zero attached hydrogens (tertiary/aromatic N) is 3. The number of rotatable bonds is 1. The third kappa shape index (κ3) is 3.33. The maximum Gasteiger partial charge on any atom is 0.407 e. The molecule has 0 saturated carbocycles. The van der Waals surface area contributed by atoms with E-state index >= 15 is 0 Å². The first kappa shape index (κ1) is 16.6. The molecule has 6 heteroatoms. The number of hydrogen-bond acceptors (Lipinski definition) is 4. The Kier molecular flexibility index (Phi) is 4.56. The van der Waals surface area contributed by atoms with Gasteiger partial charge in [0.25, 0.3) is 0 Å². The maximum atomic E-state index is 11.3. The van der Waals surface area contributed by atoms with Gasteiger partial charge in [0, 0.05) is 43.3 Å². The molecule has 1 amide bonds. The van der Waals surface area contributed by atoms with E-state index in [1.807, 2.05) is 0 Å². The van der Waals surface area contributed by atoms with E-state index < -0.39 is 6.09 Å². The van der Waals surface area contributed by atoms with Crippen LogP contribution in [0, 0.1) is 0 Å². The van der Waals surface area contributed by atoms with E-state index in [9.17, 15) is 9.90 Å². The quantitative estimate of drug-likeness (QED) is 0.774. The van der Waals surface area contributed by atoms with Crippen LogP contribution in [0.2, 0.25) is 0 Å². The standard InChI is InChI=1S/C17H30N4O2/c1-17(2,3)21-15-7-11-19(16(22)23)10-6-13(15)12-20(21)14-4-8-18-9-5-14/h14,18H,4-12H2,1-3H3,(H,22,23). The molecule has 1 fully saturated rings. The van der Waals surface area contributed by atoms with Crippen molar-refractivity contribution in [3.63, 3.8) is 0 Å². The van der Waals surface area contributed by atoms with Gasteiger partial charge in [-0.25, -0.2) is 9.80 Å². The van der Waals surface area contributed by atoms with Gasteiger partial charge in [0.05, 0.1) is 0 Å². The van der Waals surface area contributed by atoms with Crippen molar-refractivity contribution in [3.05, 3.63) is 11.3 Å². The summed E-state index contributed by atoms with van der Waals surface area (Å²) in [5.74, 6) is 0. The normalized spacial score (nSPS) is 24.8. The number of carbonyl (C=O) groups is 1. The molecule has 6 nitrogen and oxygen atoms in total. The molecule has 0 aromatic rings. The summed E-state index contributed by atoms with van der Waals surface area (Å²) < 4.78 is 0. The van der Waals surface area contributed by atoms with Crippen molar-refractivity contribution < 1.29 is 9.90 Å². The molecule has 0 atom stereocenters. The fraction of sp³-hybridized carbons (Fsp3) is 0.824. The zero-order chi connectivity index (χ0) is 16.6. The summed E-state index contributed by atoms with van der Waals surface area (Å²) in [7, 11) is 0. The van der Waals surface area contributed by atoms with Gasteiger partial charge in [-0.3, -0.25) is 0 Å². The predicted molar refractivity (Wildman–Crippen MR) is 90.0 cm³/mol. The van der Waals surface area contributed by atoms with Crippen molar-refractivity contribution in [2.45, 2.75) is 58.0 Å². The van der Waals surface area contributed by atoms with Crippen LogP contribution in [0.25, 0.3) is 0 Å². The summed E-state index contributed by atoms with van der Waals surface area (Å²) in [4.78, 5) is 12.9. The molecule has 0 bridgehead atoms. The van der Waals surface area contributed by atoms with Crippen LogP contribution in [0.1, 0.15) is 46.5 Å². The maximum absolute atomic E-state index is 11.3. The molecule has 2 N–H and O–H groups in total. The van der Waals surface area contributed by atoms with Gasteiger partial charge >= 0.3 is 6.09 Å². The number of carboxylic acid groups (broad SMARTS) is 1. The van der Waals surface area contributed by atoms with E-state index in [0.29, 0.717) is 19.1 Å². The molecule has 3 rings (SSSR count). The van der Waals surface area contributed by atoms with Crippen LogP contribution in [0.15, 0.2) is 11.3 Å². The highest BCUT2D eigenvalue weighted by atomic mass is 16.4. The first-order valence-electron chi connectivity index (χ1n) is 8.84. The first-order valence-corrected chi connectivity index (χ1v) is 8.84. The second-order valence-corrected chi connectivity index (χ2v) is 7.88. The number of piperidine rings is 1. The molecule has 0 radical (unpaired) electrons. The second kappa shape index (κ2) is 6.32. The molecule has 3 aliphatic rings. The van der Waals surface area contributed by atoms with Crippen molar-refractivity contribution in [3.8, 4) is 0 Å². The average Bonchev–Trinajstić information content (AvgIpc) is 2.75. The molecule has 3 heterocycles. The summed E-state index contributed by atoms with van der Waals surface area (Å²) in [6, 6.07) is 0.595. The molecule has 0 aromatic heterocycles. The molecular formula is C17H30N4O2. The van der Waals surface area contributed by atoms with Gasteiger partial charge in [-0.15, -0.1) is 0 Å². The summed E-state index contributed by atoms with van der Waals surface area (Å²) in [5.41, 5.74) is 2.85. The van der Waals surface area contributed by atoms with Gasteiger partial charge in [0.1, 0.15) is 0 Å². The van der Waals surface area contributed by atoms with Gasteiger partial charge < -0.3 is 20.3 Å². The largest absolute Gasteiger partial charge is 0.465 e. The van der Waals surface area contributed by atoms with Crippen LogP contribution < -0.4 is 5.32 Å². The topological polar surface area (TPSA) is 59.1 Å². The zero-order valence-corrected chi connectivity index (χ0v) is 14.6. The van der Waals surface area contributed by atoms with Crippen molar-refractivity contribution in [1.29, 1.82) is 0 Å². The molecule has 1 saturated heterocycles. The summed E-state index contributed by atoms with van der Waals surface area (Å²) >= 11 is 0. The highest BCUT2D eigenvalue weighted by Crippen LogP contribution is 2.38. The smallest absolute Gasteiger partial charge is 0.407 e. The van der Waals surface area contributed by atoms with Crippen LogP contribution >= 0.6 is 0 Å². The molecule has 23 heavy (non-hydrogen) atoms. The van der Waals surface area contributed by atoms with Gasteiger partial charge in [0.2, 0.25) is 0 Å². The molecule has 130 valence electrons. The Morgan fingerprint density at radius 2 is 1.83 bits per heavy atom. The minimum atomic E-state index is -0.788. The fourth-order valence-electron chi connectivity index (χ4n) is 4.17. The molecule has 0 unspecified atom stereocenters. The van der Waals surface area contributed by atoms with Crippen LogP contribution in [-0.4, -0.2) is 70.4 Å². The highest BCUT2D eigenvalue weighted by Gasteiger charge is 2.41. The van der Waals surface area contributed by atoms with E-state index in [0.717, 1.165) is 32.5 Å². The Balaban J connectivity index is 1.81. The first-order chi connectivity index (χ1) is 10.9. The van der Waals surface area contributed by atoms with E-state index in [4.69, 9.17) is 0 Å². The van der Waals surface area contributed by atoms with Crippen molar-refractivity contribution in [2.24, 2.45) is 0 Å². The Morgan fingerprint density at radius 3 is 2.43 bits per heavy atom. The number of hydrogen-bond donors (Lipinski definition) is 2. The zero-order valence-electron chi connectivity index (χ0n) is 14.6. The van der Waals surface area contributed by atoms with Crippen molar-refractivity contribution in [2.75, 3.05) is 32.7 Å². The monoisotopic (exact) mass is 322 g/mol. The highest BCUT2D eigenvalue weighted by molar-refractivity contribution is 5.65. The van der Waals surface area contributed by atoms with Gasteiger partial charge in [0.15, 0.2) is 0 Å². The number of nitrogens with one attached hydrogen (secondary N) is 1. The Labute approximate surface area is 139 Å². The molecule has 0 aliphatic carbocycles. The Morgan fingerprint density at radius 1 is 1.17 bits per heavy atom. The lowest BCUT2D eigenvalue weighted by atomic mass is 10.0. The molecular weight excluding hydrogens is 292 g/mol. The lowest BCUT2D eigenvalue weighted by Gasteiger charge is -2.47. The molecule has 3 aliphatic heterocycles. The second-order valence-electron chi connectivity index (χ2n) is 7.88. The number of hydrazine groups is 1. The third-order valence-electron chi connectivity index (χ3n) is 5.21. The summed E-state index contributed by atoms with van der Waals surface area (Å²) in [6.07, 6.45) is 3.29. The summed E-state index contributed by atoms with van der Waals surface area (Å²) in [5, 5.41) is 17.8. The van der Waals surface area contributed by atoms with Crippen molar-refractivity contribution >= 4 is 6.09 Å². The van der Waals surface area contributed by atoms with Crippen LogP contribution in [0.3, 0.4) is 0 Å². The van der Waals surface area contributed by atoms with Gasteiger partial charge in [-0.2, -0.15) is 0 Å². The van der Waals surface area contributed by atoms with E-state index in [1.165, 1.54) is 24.1 Å². The predicted octanol–water partition coefficient (Wildman–Crippen LogP) is 2.10. The van der Waals surface area contributed by atoms with E-state index in [-0.39, 0.29) is 5.54 Å².